The second kappa shape index (κ2) is 16.3. The van der Waals surface area contributed by atoms with Gasteiger partial charge in [0.1, 0.15) is 47.5 Å². The number of fused-ring (bicyclic) bond motifs is 3. The van der Waals surface area contributed by atoms with Gasteiger partial charge in [0.05, 0.1) is 31.4 Å². The molecule has 0 bridgehead atoms. The van der Waals surface area contributed by atoms with Crippen LogP contribution in [0.4, 0.5) is 22.7 Å². The van der Waals surface area contributed by atoms with Gasteiger partial charge in [-0.2, -0.15) is 0 Å². The van der Waals surface area contributed by atoms with Gasteiger partial charge in [-0.05, 0) is 47.2 Å². The van der Waals surface area contributed by atoms with E-state index in [1.807, 2.05) is 0 Å². The van der Waals surface area contributed by atoms with E-state index >= 15 is 0 Å². The van der Waals surface area contributed by atoms with Gasteiger partial charge in [-0.3, -0.25) is 0 Å². The molecular formula is C30H17N4Na3O11S3-3. The Morgan fingerprint density at radius 3 is 1.69 bits per heavy atom. The zero-order chi connectivity index (χ0) is 34.6. The van der Waals surface area contributed by atoms with Crippen LogP contribution in [0.2, 0.25) is 0 Å². The summed E-state index contributed by atoms with van der Waals surface area (Å²) in [7, 11) is -15.6. The Morgan fingerprint density at radius 2 is 1.06 bits per heavy atom. The van der Waals surface area contributed by atoms with E-state index in [1.54, 1.807) is 30.3 Å². The monoisotopic (exact) mass is 774 g/mol. The van der Waals surface area contributed by atoms with Gasteiger partial charge in [-0.15, -0.1) is 20.5 Å². The number of hydrogen-bond acceptors (Lipinski definition) is 15. The van der Waals surface area contributed by atoms with Crippen molar-refractivity contribution in [3.05, 3.63) is 91.0 Å². The van der Waals surface area contributed by atoms with E-state index in [1.165, 1.54) is 30.3 Å². The molecule has 0 saturated carbocycles. The van der Waals surface area contributed by atoms with Crippen molar-refractivity contribution in [2.24, 2.45) is 20.5 Å². The van der Waals surface area contributed by atoms with Crippen molar-refractivity contribution in [3.8, 4) is 11.5 Å². The zero-order valence-corrected chi connectivity index (χ0v) is 35.2. The maximum absolute atomic E-state index is 12.3. The molecule has 0 aliphatic carbocycles. The normalized spacial score (nSPS) is 12.2. The molecule has 0 spiro atoms. The third-order valence-corrected chi connectivity index (χ3v) is 9.74. The number of hydrogen-bond donors (Lipinski definition) is 2. The van der Waals surface area contributed by atoms with E-state index in [2.05, 4.69) is 20.5 Å². The quantitative estimate of drug-likeness (QED) is 0.124. The predicted molar refractivity (Wildman–Crippen MR) is 185 cm³/mol. The van der Waals surface area contributed by atoms with Gasteiger partial charge in [0.2, 0.25) is 0 Å². The van der Waals surface area contributed by atoms with Crippen molar-refractivity contribution in [2.45, 2.75) is 14.7 Å². The van der Waals surface area contributed by atoms with Crippen LogP contribution < -0.4 is 0 Å². The summed E-state index contributed by atoms with van der Waals surface area (Å²) in [5.74, 6) is -1.35. The van der Waals surface area contributed by atoms with E-state index in [0.717, 1.165) is 24.3 Å². The Bertz CT molecular complexity index is 2750. The largest absolute Gasteiger partial charge is 0.744 e. The van der Waals surface area contributed by atoms with Gasteiger partial charge in [-0.1, -0.05) is 54.6 Å². The molecule has 0 unspecified atom stereocenters. The van der Waals surface area contributed by atoms with Crippen LogP contribution in [0.3, 0.4) is 0 Å². The van der Waals surface area contributed by atoms with Crippen LogP contribution in [0, 0.1) is 0 Å². The van der Waals surface area contributed by atoms with Gasteiger partial charge in [0.15, 0.2) is 5.75 Å². The number of benzene rings is 6. The third kappa shape index (κ3) is 8.89. The molecule has 0 aliphatic heterocycles. The van der Waals surface area contributed by atoms with Crippen molar-refractivity contribution >= 4 is 174 Å². The molecule has 6 aromatic carbocycles. The van der Waals surface area contributed by atoms with Gasteiger partial charge < -0.3 is 23.9 Å². The smallest absolute Gasteiger partial charge is 0.154 e. The summed E-state index contributed by atoms with van der Waals surface area (Å²) in [6, 6.07) is 19.5. The summed E-state index contributed by atoms with van der Waals surface area (Å²) in [6.07, 6.45) is 0. The van der Waals surface area contributed by atoms with Crippen molar-refractivity contribution in [3.63, 3.8) is 0 Å². The molecule has 15 nitrogen and oxygen atoms in total. The SMILES string of the molecule is O=S(=O)([O-])c1cc(N=Nc2c(O)ccc3ccccc23)c2c(O)c(N=Nc3ccc(S(=O)(=O)[O-])c4ccccc34)c(S(=O)(=O)[O-])cc2c1.[Na].[Na].[Na]. The molecule has 0 saturated heterocycles. The Balaban J connectivity index is 0.00000234. The fourth-order valence-corrected chi connectivity index (χ4v) is 6.92. The fraction of sp³-hybridized carbons (Fsp3) is 0. The number of phenols is 2. The first-order valence-electron chi connectivity index (χ1n) is 13.3. The third-order valence-electron chi connectivity index (χ3n) is 7.19. The molecule has 247 valence electrons. The first-order valence-corrected chi connectivity index (χ1v) is 17.5. The molecule has 0 atom stereocenters. The summed E-state index contributed by atoms with van der Waals surface area (Å²) in [5, 5.41) is 37.9. The fourth-order valence-electron chi connectivity index (χ4n) is 5.07. The second-order valence-electron chi connectivity index (χ2n) is 10.2. The summed E-state index contributed by atoms with van der Waals surface area (Å²) in [5.41, 5.74) is -1.56. The van der Waals surface area contributed by atoms with Gasteiger partial charge in [-0.25, -0.2) is 25.3 Å². The Morgan fingerprint density at radius 1 is 0.490 bits per heavy atom. The molecule has 6 aromatic rings. The summed E-state index contributed by atoms with van der Waals surface area (Å²) in [6.45, 7) is 0. The van der Waals surface area contributed by atoms with E-state index in [0.29, 0.717) is 16.8 Å². The Hall–Kier alpha value is -2.37. The number of phenolic OH excluding ortho intramolecular Hbond substituents is 2. The van der Waals surface area contributed by atoms with Crippen LogP contribution in [0.1, 0.15) is 0 Å². The van der Waals surface area contributed by atoms with Crippen molar-refractivity contribution in [1.82, 2.24) is 0 Å². The average molecular weight is 775 g/mol. The Kier molecular flexibility index (Phi) is 13.8. The van der Waals surface area contributed by atoms with E-state index in [-0.39, 0.29) is 117 Å². The molecule has 51 heavy (non-hydrogen) atoms. The first kappa shape index (κ1) is 43.0. The molecule has 6 rings (SSSR count). The van der Waals surface area contributed by atoms with Crippen LogP contribution in [0.25, 0.3) is 32.3 Å². The molecule has 21 heteroatoms. The topological polar surface area (TPSA) is 262 Å². The number of aromatic hydroxyl groups is 2. The van der Waals surface area contributed by atoms with Gasteiger partial charge in [0, 0.05) is 105 Å². The van der Waals surface area contributed by atoms with Crippen LogP contribution >= 0.6 is 0 Å². The molecule has 3 radical (unpaired) electrons. The standard InChI is InChI=1S/C30H20N4O11S3.3Na/c35-24-11-9-16-5-1-2-6-19(16)28(24)33-32-23-15-18(46(37,38)39)13-17-14-26(48(43,44)45)29(30(36)27(17)23)34-31-22-10-12-25(47(40,41)42)21-8-4-3-7-20(21)22;;;/h1-15,35-36H,(H,37,38,39)(H,40,41,42)(H,43,44,45);;;/p-3. The average Bonchev–Trinajstić information content (AvgIpc) is 3.01. The number of nitrogens with zero attached hydrogens (tertiary/aromatic N) is 4. The summed E-state index contributed by atoms with van der Waals surface area (Å²) >= 11 is 0. The van der Waals surface area contributed by atoms with E-state index < -0.39 is 72.9 Å². The summed E-state index contributed by atoms with van der Waals surface area (Å²) < 4.78 is 108. The maximum atomic E-state index is 12.3. The predicted octanol–water partition coefficient (Wildman–Crippen LogP) is 4.96. The van der Waals surface area contributed by atoms with E-state index in [4.69, 9.17) is 0 Å². The molecular weight excluding hydrogens is 758 g/mol. The van der Waals surface area contributed by atoms with Crippen LogP contribution in [0.15, 0.2) is 126 Å². The number of rotatable bonds is 7. The van der Waals surface area contributed by atoms with E-state index in [9.17, 15) is 49.1 Å². The minimum Gasteiger partial charge on any atom is -0.744 e. The molecule has 0 heterocycles. The van der Waals surface area contributed by atoms with Gasteiger partial charge in [0.25, 0.3) is 0 Å². The molecule has 0 fully saturated rings. The van der Waals surface area contributed by atoms with Crippen molar-refractivity contribution in [2.75, 3.05) is 0 Å². The van der Waals surface area contributed by atoms with Crippen LogP contribution in [-0.4, -0.2) is 138 Å². The van der Waals surface area contributed by atoms with Crippen LogP contribution in [-0.2, 0) is 30.4 Å². The molecule has 0 aliphatic rings. The minimum absolute atomic E-state index is 0. The molecule has 0 amide bonds. The van der Waals surface area contributed by atoms with Crippen molar-refractivity contribution < 1.29 is 49.1 Å². The zero-order valence-electron chi connectivity index (χ0n) is 26.7. The maximum Gasteiger partial charge on any atom is 0.154 e. The first-order chi connectivity index (χ1) is 22.5. The Labute approximate surface area is 356 Å². The second-order valence-corrected chi connectivity index (χ2v) is 14.2. The molecule has 2 N–H and O–H groups in total. The summed E-state index contributed by atoms with van der Waals surface area (Å²) in [4.78, 5) is -2.63. The van der Waals surface area contributed by atoms with Crippen LogP contribution in [0.5, 0.6) is 11.5 Å². The molecule has 0 aromatic heterocycles. The van der Waals surface area contributed by atoms with Crippen molar-refractivity contribution in [1.29, 1.82) is 0 Å². The minimum atomic E-state index is -5.47. The van der Waals surface area contributed by atoms with Gasteiger partial charge >= 0.3 is 0 Å². The number of azo groups is 2.